The fraction of sp³-hybridized carbons (Fsp3) is 0.238. The van der Waals surface area contributed by atoms with Gasteiger partial charge in [0.25, 0.3) is 11.8 Å². The zero-order chi connectivity index (χ0) is 19.5. The first-order valence-electron chi connectivity index (χ1n) is 9.10. The molecule has 4 rings (SSSR count). The number of nitrogens with zero attached hydrogens (tertiary/aromatic N) is 4. The van der Waals surface area contributed by atoms with Crippen LogP contribution in [-0.4, -0.2) is 64.9 Å². The molecule has 0 unspecified atom stereocenters. The number of hydrogen-bond acceptors (Lipinski definition) is 5. The first-order chi connectivity index (χ1) is 13.7. The summed E-state index contributed by atoms with van der Waals surface area (Å²) in [4.78, 5) is 37.6. The normalized spacial score (nSPS) is 14.2. The van der Waals surface area contributed by atoms with Gasteiger partial charge in [-0.3, -0.25) is 14.6 Å². The summed E-state index contributed by atoms with van der Waals surface area (Å²) in [5.41, 5.74) is 2.39. The molecule has 0 bridgehead atoms. The summed E-state index contributed by atoms with van der Waals surface area (Å²) < 4.78 is 5.12. The summed E-state index contributed by atoms with van der Waals surface area (Å²) in [5.74, 6) is 0.513. The number of piperazine rings is 1. The van der Waals surface area contributed by atoms with Gasteiger partial charge < -0.3 is 14.5 Å². The number of aromatic nitrogens is 2. The van der Waals surface area contributed by atoms with Crippen molar-refractivity contribution in [2.75, 3.05) is 33.3 Å². The molecule has 2 amide bonds. The maximum Gasteiger partial charge on any atom is 0.274 e. The fourth-order valence-electron chi connectivity index (χ4n) is 3.25. The molecule has 0 spiro atoms. The van der Waals surface area contributed by atoms with Gasteiger partial charge in [-0.25, -0.2) is 4.98 Å². The van der Waals surface area contributed by atoms with Crippen LogP contribution in [0.15, 0.2) is 54.7 Å². The van der Waals surface area contributed by atoms with E-state index in [-0.39, 0.29) is 11.8 Å². The van der Waals surface area contributed by atoms with E-state index >= 15 is 0 Å². The van der Waals surface area contributed by atoms with Gasteiger partial charge in [-0.2, -0.15) is 0 Å². The molecule has 1 aliphatic heterocycles. The number of rotatable bonds is 3. The molecule has 1 aliphatic rings. The largest absolute Gasteiger partial charge is 0.497 e. The Hall–Kier alpha value is -3.48. The maximum absolute atomic E-state index is 12.8. The van der Waals surface area contributed by atoms with E-state index in [1.807, 2.05) is 24.3 Å². The van der Waals surface area contributed by atoms with Crippen LogP contribution in [0.4, 0.5) is 0 Å². The van der Waals surface area contributed by atoms with Crippen molar-refractivity contribution < 1.29 is 14.3 Å². The topological polar surface area (TPSA) is 75.6 Å². The highest BCUT2D eigenvalue weighted by molar-refractivity contribution is 5.95. The number of carbonyl (C=O) groups excluding carboxylic acids is 2. The molecule has 7 heteroatoms. The van der Waals surface area contributed by atoms with Crippen LogP contribution in [0, 0.1) is 0 Å². The van der Waals surface area contributed by atoms with Crippen LogP contribution in [0.5, 0.6) is 5.75 Å². The van der Waals surface area contributed by atoms with Crippen LogP contribution < -0.4 is 4.74 Å². The third-order valence-electron chi connectivity index (χ3n) is 4.86. The predicted octanol–water partition coefficient (Wildman–Crippen LogP) is 2.24. The van der Waals surface area contributed by atoms with Crippen LogP contribution in [-0.2, 0) is 0 Å². The molecule has 2 aromatic carbocycles. The average Bonchev–Trinajstić information content (AvgIpc) is 2.78. The van der Waals surface area contributed by atoms with E-state index in [1.54, 1.807) is 41.2 Å². The van der Waals surface area contributed by atoms with Gasteiger partial charge in [0.2, 0.25) is 0 Å². The van der Waals surface area contributed by atoms with Crippen LogP contribution in [0.2, 0.25) is 0 Å². The van der Waals surface area contributed by atoms with Crippen molar-refractivity contribution in [3.8, 4) is 5.75 Å². The molecule has 1 saturated heterocycles. The number of amides is 2. The second-order valence-electron chi connectivity index (χ2n) is 6.56. The molecular weight excluding hydrogens is 356 g/mol. The molecule has 0 radical (unpaired) electrons. The van der Waals surface area contributed by atoms with Crippen molar-refractivity contribution in [3.63, 3.8) is 0 Å². The van der Waals surface area contributed by atoms with Crippen LogP contribution in [0.3, 0.4) is 0 Å². The minimum Gasteiger partial charge on any atom is -0.497 e. The molecule has 0 atom stereocenters. The first-order valence-corrected chi connectivity index (χ1v) is 9.10. The Morgan fingerprint density at radius 2 is 1.46 bits per heavy atom. The lowest BCUT2D eigenvalue weighted by molar-refractivity contribution is 0.0532. The van der Waals surface area contributed by atoms with Gasteiger partial charge >= 0.3 is 0 Å². The van der Waals surface area contributed by atoms with E-state index in [0.29, 0.717) is 48.7 Å². The monoisotopic (exact) mass is 376 g/mol. The Balaban J connectivity index is 1.41. The molecule has 0 aliphatic carbocycles. The molecule has 2 heterocycles. The number of methoxy groups -OCH3 is 1. The van der Waals surface area contributed by atoms with E-state index in [2.05, 4.69) is 9.97 Å². The lowest BCUT2D eigenvalue weighted by Crippen LogP contribution is -2.50. The number of carbonyl (C=O) groups is 2. The standard InChI is InChI=1S/C21H20N4O3/c1-28-16-8-6-15(7-9-16)20(26)24-10-12-25(13-11-24)21(27)19-14-22-17-4-2-3-5-18(17)23-19/h2-9,14H,10-13H2,1H3. The number of ether oxygens (including phenoxy) is 1. The van der Waals surface area contributed by atoms with E-state index in [0.717, 1.165) is 5.52 Å². The van der Waals surface area contributed by atoms with Crippen molar-refractivity contribution in [1.82, 2.24) is 19.8 Å². The molecule has 1 fully saturated rings. The molecule has 28 heavy (non-hydrogen) atoms. The molecule has 0 N–H and O–H groups in total. The van der Waals surface area contributed by atoms with E-state index < -0.39 is 0 Å². The van der Waals surface area contributed by atoms with Gasteiger partial charge in [0, 0.05) is 31.7 Å². The van der Waals surface area contributed by atoms with Gasteiger partial charge in [-0.05, 0) is 36.4 Å². The van der Waals surface area contributed by atoms with Crippen molar-refractivity contribution in [1.29, 1.82) is 0 Å². The molecule has 142 valence electrons. The Bertz CT molecular complexity index is 1010. The van der Waals surface area contributed by atoms with E-state index in [1.165, 1.54) is 6.20 Å². The summed E-state index contributed by atoms with van der Waals surface area (Å²) in [7, 11) is 1.59. The number of benzene rings is 2. The second kappa shape index (κ2) is 7.64. The summed E-state index contributed by atoms with van der Waals surface area (Å²) in [6.07, 6.45) is 1.51. The smallest absolute Gasteiger partial charge is 0.274 e. The minimum atomic E-state index is -0.158. The maximum atomic E-state index is 12.8. The number of para-hydroxylation sites is 2. The third-order valence-corrected chi connectivity index (χ3v) is 4.86. The summed E-state index contributed by atoms with van der Waals surface area (Å²) in [6.45, 7) is 1.90. The third kappa shape index (κ3) is 3.51. The van der Waals surface area contributed by atoms with E-state index in [4.69, 9.17) is 4.74 Å². The first kappa shape index (κ1) is 17.9. The summed E-state index contributed by atoms with van der Waals surface area (Å²) in [6, 6.07) is 14.5. The second-order valence-corrected chi connectivity index (χ2v) is 6.56. The highest BCUT2D eigenvalue weighted by Gasteiger charge is 2.26. The summed E-state index contributed by atoms with van der Waals surface area (Å²) in [5, 5.41) is 0. The minimum absolute atomic E-state index is 0.0414. The lowest BCUT2D eigenvalue weighted by Gasteiger charge is -2.34. The quantitative estimate of drug-likeness (QED) is 0.701. The van der Waals surface area contributed by atoms with Crippen molar-refractivity contribution in [2.24, 2.45) is 0 Å². The predicted molar refractivity (Wildman–Crippen MR) is 104 cm³/mol. The summed E-state index contributed by atoms with van der Waals surface area (Å²) >= 11 is 0. The molecule has 3 aromatic rings. The van der Waals surface area contributed by atoms with Crippen LogP contribution >= 0.6 is 0 Å². The molecule has 1 aromatic heterocycles. The van der Waals surface area contributed by atoms with Gasteiger partial charge in [-0.15, -0.1) is 0 Å². The van der Waals surface area contributed by atoms with Gasteiger partial charge in [-0.1, -0.05) is 12.1 Å². The molecular formula is C21H20N4O3. The zero-order valence-corrected chi connectivity index (χ0v) is 15.5. The van der Waals surface area contributed by atoms with Crippen molar-refractivity contribution >= 4 is 22.8 Å². The SMILES string of the molecule is COc1ccc(C(=O)N2CCN(C(=O)c3cnc4ccccc4n3)CC2)cc1. The highest BCUT2D eigenvalue weighted by Crippen LogP contribution is 2.16. The molecule has 0 saturated carbocycles. The van der Waals surface area contributed by atoms with Gasteiger partial charge in [0.05, 0.1) is 24.3 Å². The van der Waals surface area contributed by atoms with Crippen molar-refractivity contribution in [2.45, 2.75) is 0 Å². The fourth-order valence-corrected chi connectivity index (χ4v) is 3.25. The van der Waals surface area contributed by atoms with E-state index in [9.17, 15) is 9.59 Å². The van der Waals surface area contributed by atoms with Crippen molar-refractivity contribution in [3.05, 3.63) is 66.0 Å². The average molecular weight is 376 g/mol. The van der Waals surface area contributed by atoms with Gasteiger partial charge in [0.1, 0.15) is 11.4 Å². The Kier molecular flexibility index (Phi) is 4.89. The van der Waals surface area contributed by atoms with Crippen LogP contribution in [0.25, 0.3) is 11.0 Å². The van der Waals surface area contributed by atoms with Crippen LogP contribution in [0.1, 0.15) is 20.8 Å². The Morgan fingerprint density at radius 3 is 2.11 bits per heavy atom. The molecule has 7 nitrogen and oxygen atoms in total. The van der Waals surface area contributed by atoms with Gasteiger partial charge in [0.15, 0.2) is 0 Å². The Labute approximate surface area is 162 Å². The lowest BCUT2D eigenvalue weighted by atomic mass is 10.1. The zero-order valence-electron chi connectivity index (χ0n) is 15.5. The highest BCUT2D eigenvalue weighted by atomic mass is 16.5. The number of hydrogen-bond donors (Lipinski definition) is 0. The number of fused-ring (bicyclic) bond motifs is 1. The Morgan fingerprint density at radius 1 is 0.857 bits per heavy atom.